The van der Waals surface area contributed by atoms with Crippen LogP contribution in [0, 0.1) is 11.3 Å². The number of halogens is 1. The lowest BCUT2D eigenvalue weighted by molar-refractivity contribution is 0.0734. The van der Waals surface area contributed by atoms with E-state index in [1.807, 2.05) is 24.3 Å². The van der Waals surface area contributed by atoms with Crippen LogP contribution >= 0.6 is 15.9 Å². The summed E-state index contributed by atoms with van der Waals surface area (Å²) in [6.07, 6.45) is 1.64. The van der Waals surface area contributed by atoms with Crippen molar-refractivity contribution in [3.8, 4) is 23.3 Å². The molecule has 1 aliphatic rings. The second-order valence-corrected chi connectivity index (χ2v) is 8.01. The van der Waals surface area contributed by atoms with E-state index in [1.54, 1.807) is 48.5 Å². The van der Waals surface area contributed by atoms with Crippen LogP contribution in [0.1, 0.15) is 27.4 Å². The molecule has 1 heterocycles. The Hall–Kier alpha value is -4.02. The topological polar surface area (TPSA) is 94.6 Å². The summed E-state index contributed by atoms with van der Waals surface area (Å²) in [5.41, 5.74) is 8.38. The van der Waals surface area contributed by atoms with E-state index in [1.165, 1.54) is 0 Å². The lowest BCUT2D eigenvalue weighted by Gasteiger charge is -2.27. The maximum atomic E-state index is 12.6. The molecule has 0 bridgehead atoms. The minimum Gasteiger partial charge on any atom is -0.490 e. The van der Waals surface area contributed by atoms with Gasteiger partial charge < -0.3 is 19.9 Å². The Balaban J connectivity index is 1.61. The number of carbonyl (C=O) groups is 1. The molecule has 1 atom stereocenters. The van der Waals surface area contributed by atoms with Crippen LogP contribution in [-0.2, 0) is 0 Å². The third kappa shape index (κ3) is 4.61. The van der Waals surface area contributed by atoms with E-state index in [0.717, 1.165) is 15.6 Å². The first-order valence-electron chi connectivity index (χ1n) is 10.0. The lowest BCUT2D eigenvalue weighted by atomic mass is 9.83. The number of hydrogen-bond donors (Lipinski definition) is 1. The number of nitrogens with two attached hydrogens (primary N) is 1. The second-order valence-electron chi connectivity index (χ2n) is 7.16. The number of hydrogen-bond acceptors (Lipinski definition) is 6. The van der Waals surface area contributed by atoms with Crippen molar-refractivity contribution >= 4 is 21.9 Å². The standard InChI is InChI=1S/C26H19BrN2O4/c1-2-13-31-17-9-7-16(8-10-17)26(30)32-18-11-12-20-23(14-18)33-25(29)21(15-28)24(20)19-5-3-4-6-22(19)27/h2-12,14,24H,1,13,29H2. The van der Waals surface area contributed by atoms with Gasteiger partial charge in [-0.25, -0.2) is 4.79 Å². The fourth-order valence-electron chi connectivity index (χ4n) is 3.54. The summed E-state index contributed by atoms with van der Waals surface area (Å²) in [4.78, 5) is 12.6. The number of fused-ring (bicyclic) bond motifs is 1. The fourth-order valence-corrected chi connectivity index (χ4v) is 4.05. The molecular weight excluding hydrogens is 484 g/mol. The van der Waals surface area contributed by atoms with E-state index < -0.39 is 11.9 Å². The normalized spacial score (nSPS) is 14.5. The van der Waals surface area contributed by atoms with Crippen molar-refractivity contribution in [1.29, 1.82) is 5.26 Å². The second kappa shape index (κ2) is 9.63. The summed E-state index contributed by atoms with van der Waals surface area (Å²) in [7, 11) is 0. The van der Waals surface area contributed by atoms with Crippen LogP contribution in [0.5, 0.6) is 17.2 Å². The van der Waals surface area contributed by atoms with Gasteiger partial charge in [0.15, 0.2) is 0 Å². The third-order valence-corrected chi connectivity index (χ3v) is 5.80. The monoisotopic (exact) mass is 502 g/mol. The van der Waals surface area contributed by atoms with Crippen molar-refractivity contribution < 1.29 is 19.0 Å². The average molecular weight is 503 g/mol. The zero-order valence-corrected chi connectivity index (χ0v) is 19.0. The highest BCUT2D eigenvalue weighted by atomic mass is 79.9. The molecule has 2 N–H and O–H groups in total. The number of allylic oxidation sites excluding steroid dienone is 1. The molecule has 0 spiro atoms. The first kappa shape index (κ1) is 22.2. The molecule has 0 saturated heterocycles. The Morgan fingerprint density at radius 1 is 1.12 bits per heavy atom. The van der Waals surface area contributed by atoms with Crippen molar-refractivity contribution in [1.82, 2.24) is 0 Å². The maximum absolute atomic E-state index is 12.6. The summed E-state index contributed by atoms with van der Waals surface area (Å²) >= 11 is 3.56. The maximum Gasteiger partial charge on any atom is 0.343 e. The van der Waals surface area contributed by atoms with E-state index in [-0.39, 0.29) is 5.88 Å². The first-order chi connectivity index (χ1) is 16.0. The summed E-state index contributed by atoms with van der Waals surface area (Å²) in [6, 6.07) is 21.4. The first-order valence-corrected chi connectivity index (χ1v) is 10.8. The van der Waals surface area contributed by atoms with Gasteiger partial charge in [0.1, 0.15) is 35.5 Å². The van der Waals surface area contributed by atoms with Gasteiger partial charge >= 0.3 is 5.97 Å². The van der Waals surface area contributed by atoms with Gasteiger partial charge in [0.05, 0.1) is 11.5 Å². The molecule has 3 aromatic rings. The number of rotatable bonds is 6. The van der Waals surface area contributed by atoms with Crippen LogP contribution < -0.4 is 19.9 Å². The van der Waals surface area contributed by atoms with Crippen LogP contribution in [0.25, 0.3) is 0 Å². The summed E-state index contributed by atoms with van der Waals surface area (Å²) in [6.45, 7) is 3.98. The smallest absolute Gasteiger partial charge is 0.343 e. The molecule has 33 heavy (non-hydrogen) atoms. The number of nitrogens with zero attached hydrogens (tertiary/aromatic N) is 1. The average Bonchev–Trinajstić information content (AvgIpc) is 2.82. The highest BCUT2D eigenvalue weighted by molar-refractivity contribution is 9.10. The summed E-state index contributed by atoms with van der Waals surface area (Å²) in [5.74, 6) is 0.425. The molecule has 1 aliphatic heterocycles. The predicted octanol–water partition coefficient (Wildman–Crippen LogP) is 5.45. The van der Waals surface area contributed by atoms with Crippen LogP contribution in [0.15, 0.2) is 95.3 Å². The summed E-state index contributed by atoms with van der Waals surface area (Å²) in [5, 5.41) is 9.71. The Labute approximate surface area is 199 Å². The Morgan fingerprint density at radius 2 is 1.85 bits per heavy atom. The molecule has 0 saturated carbocycles. The van der Waals surface area contributed by atoms with E-state index in [0.29, 0.717) is 35.0 Å². The highest BCUT2D eigenvalue weighted by Crippen LogP contribution is 2.45. The van der Waals surface area contributed by atoms with Crippen LogP contribution in [0.4, 0.5) is 0 Å². The van der Waals surface area contributed by atoms with Crippen molar-refractivity contribution in [3.05, 3.63) is 112 Å². The molecule has 0 radical (unpaired) electrons. The lowest BCUT2D eigenvalue weighted by Crippen LogP contribution is -2.21. The Bertz CT molecular complexity index is 1290. The number of carbonyl (C=O) groups excluding carboxylic acids is 1. The zero-order chi connectivity index (χ0) is 23.4. The number of esters is 1. The SMILES string of the molecule is C=CCOc1ccc(C(=O)Oc2ccc3c(c2)OC(N)=C(C#N)C3c2ccccc2Br)cc1. The van der Waals surface area contributed by atoms with Crippen molar-refractivity contribution in [2.24, 2.45) is 5.73 Å². The fraction of sp³-hybridized carbons (Fsp3) is 0.0769. The van der Waals surface area contributed by atoms with Crippen molar-refractivity contribution in [2.75, 3.05) is 6.61 Å². The van der Waals surface area contributed by atoms with Gasteiger partial charge in [0.2, 0.25) is 5.88 Å². The van der Waals surface area contributed by atoms with E-state index in [2.05, 4.69) is 28.6 Å². The molecule has 0 fully saturated rings. The molecule has 7 heteroatoms. The summed E-state index contributed by atoms with van der Waals surface area (Å²) < 4.78 is 17.5. The molecule has 1 unspecified atom stereocenters. The molecule has 0 aromatic heterocycles. The van der Waals surface area contributed by atoms with Crippen LogP contribution in [0.2, 0.25) is 0 Å². The molecule has 164 valence electrons. The molecule has 4 rings (SSSR count). The van der Waals surface area contributed by atoms with Gasteiger partial charge in [-0.15, -0.1) is 0 Å². The Kier molecular flexibility index (Phi) is 6.48. The van der Waals surface area contributed by atoms with Gasteiger partial charge in [-0.05, 0) is 42.0 Å². The molecule has 0 amide bonds. The number of ether oxygens (including phenoxy) is 3. The molecular formula is C26H19BrN2O4. The van der Waals surface area contributed by atoms with Crippen molar-refractivity contribution in [2.45, 2.75) is 5.92 Å². The van der Waals surface area contributed by atoms with Gasteiger partial charge in [0.25, 0.3) is 0 Å². The number of benzene rings is 3. The van der Waals surface area contributed by atoms with E-state index in [4.69, 9.17) is 19.9 Å². The van der Waals surface area contributed by atoms with Crippen LogP contribution in [0.3, 0.4) is 0 Å². The minimum atomic E-state index is -0.524. The van der Waals surface area contributed by atoms with Gasteiger partial charge in [-0.3, -0.25) is 0 Å². The van der Waals surface area contributed by atoms with Gasteiger partial charge in [-0.2, -0.15) is 5.26 Å². The van der Waals surface area contributed by atoms with Crippen molar-refractivity contribution in [3.63, 3.8) is 0 Å². The quantitative estimate of drug-likeness (QED) is 0.273. The van der Waals surface area contributed by atoms with E-state index in [9.17, 15) is 10.1 Å². The van der Waals surface area contributed by atoms with Crippen LogP contribution in [-0.4, -0.2) is 12.6 Å². The Morgan fingerprint density at radius 3 is 2.55 bits per heavy atom. The zero-order valence-electron chi connectivity index (χ0n) is 17.5. The van der Waals surface area contributed by atoms with Gasteiger partial charge in [0, 0.05) is 16.1 Å². The molecule has 3 aromatic carbocycles. The van der Waals surface area contributed by atoms with E-state index >= 15 is 0 Å². The minimum absolute atomic E-state index is 0.0179. The number of nitriles is 1. The third-order valence-electron chi connectivity index (χ3n) is 5.08. The van der Waals surface area contributed by atoms with Gasteiger partial charge in [-0.1, -0.05) is 52.9 Å². The molecule has 0 aliphatic carbocycles. The molecule has 6 nitrogen and oxygen atoms in total. The highest BCUT2D eigenvalue weighted by Gasteiger charge is 2.32. The predicted molar refractivity (Wildman–Crippen MR) is 127 cm³/mol. The largest absolute Gasteiger partial charge is 0.490 e.